The van der Waals surface area contributed by atoms with Crippen LogP contribution in [-0.2, 0) is 0 Å². The van der Waals surface area contributed by atoms with E-state index in [1.54, 1.807) is 0 Å². The van der Waals surface area contributed by atoms with Gasteiger partial charge in [-0.15, -0.1) is 25.6 Å². The van der Waals surface area contributed by atoms with Crippen LogP contribution in [-0.4, -0.2) is 12.5 Å². The minimum Gasteiger partial charge on any atom is -0.404 e. The van der Waals surface area contributed by atoms with Gasteiger partial charge in [-0.25, -0.2) is 0 Å². The van der Waals surface area contributed by atoms with Gasteiger partial charge in [-0.2, -0.15) is 13.2 Å². The Morgan fingerprint density at radius 2 is 1.71 bits per heavy atom. The van der Waals surface area contributed by atoms with Crippen molar-refractivity contribution in [2.24, 2.45) is 5.73 Å². The second-order valence-electron chi connectivity index (χ2n) is 4.00. The van der Waals surface area contributed by atoms with Gasteiger partial charge < -0.3 is 10.5 Å². The number of nitrogens with two attached hydrogens (primary N) is 1. The van der Waals surface area contributed by atoms with Crippen molar-refractivity contribution in [1.29, 1.82) is 0 Å². The Morgan fingerprint density at radius 1 is 1.14 bits per heavy atom. The number of rotatable bonds is 4. The van der Waals surface area contributed by atoms with E-state index in [0.717, 1.165) is 18.2 Å². The zero-order valence-electron chi connectivity index (χ0n) is 10.3. The molecule has 1 rings (SSSR count). The van der Waals surface area contributed by atoms with Crippen molar-refractivity contribution < 1.29 is 31.1 Å². The molecule has 2 nitrogen and oxygen atoms in total. The highest BCUT2D eigenvalue weighted by molar-refractivity contribution is 6.32. The van der Waals surface area contributed by atoms with Crippen molar-refractivity contribution in [3.63, 3.8) is 0 Å². The molecule has 0 aromatic heterocycles. The summed E-state index contributed by atoms with van der Waals surface area (Å²) < 4.78 is 75.7. The van der Waals surface area contributed by atoms with E-state index in [9.17, 15) is 26.3 Å². The number of hydrogen-bond donors (Lipinski definition) is 1. The topological polar surface area (TPSA) is 35.2 Å². The average Bonchev–Trinajstić information content (AvgIpc) is 2.26. The Hall–Kier alpha value is -0.860. The van der Waals surface area contributed by atoms with Gasteiger partial charge in [0.15, 0.2) is 0 Å². The fraction of sp³-hybridized carbons (Fsp3) is 0.455. The minimum absolute atomic E-state index is 0. The van der Waals surface area contributed by atoms with Crippen LogP contribution in [0.1, 0.15) is 24.4 Å². The Balaban J connectivity index is 0.00000400. The first kappa shape index (κ1) is 20.1. The molecule has 21 heavy (non-hydrogen) atoms. The number of halogens is 8. The summed E-state index contributed by atoms with van der Waals surface area (Å²) >= 11 is 5.57. The maximum Gasteiger partial charge on any atom is 0.573 e. The van der Waals surface area contributed by atoms with Crippen LogP contribution in [0, 0.1) is 0 Å². The molecule has 0 saturated heterocycles. The van der Waals surface area contributed by atoms with Crippen molar-refractivity contribution in [2.75, 3.05) is 0 Å². The molecule has 2 N–H and O–H groups in total. The van der Waals surface area contributed by atoms with Crippen LogP contribution >= 0.6 is 24.0 Å². The summed E-state index contributed by atoms with van der Waals surface area (Å²) in [6, 6.07) is 2.14. The molecule has 0 radical (unpaired) electrons. The van der Waals surface area contributed by atoms with Gasteiger partial charge in [0.25, 0.3) is 0 Å². The zero-order chi connectivity index (χ0) is 15.6. The first-order chi connectivity index (χ1) is 8.98. The van der Waals surface area contributed by atoms with E-state index in [2.05, 4.69) is 4.74 Å². The monoisotopic (exact) mass is 357 g/mol. The molecule has 0 aliphatic carbocycles. The highest BCUT2D eigenvalue weighted by atomic mass is 35.5. The lowest BCUT2D eigenvalue weighted by Crippen LogP contribution is -2.18. The van der Waals surface area contributed by atoms with E-state index in [4.69, 9.17) is 17.3 Å². The van der Waals surface area contributed by atoms with E-state index in [1.165, 1.54) is 0 Å². The van der Waals surface area contributed by atoms with Crippen LogP contribution in [0.4, 0.5) is 26.3 Å². The smallest absolute Gasteiger partial charge is 0.404 e. The lowest BCUT2D eigenvalue weighted by Gasteiger charge is -2.16. The standard InChI is InChI=1S/C11H10ClF6NO.ClH/c12-7-5-6(8(19)3-4-10(13,14)15)1-2-9(7)20-11(16,17)18;/h1-2,5,8H,3-4,19H2;1H/t8-;/m1./s1. The van der Waals surface area contributed by atoms with E-state index >= 15 is 0 Å². The maximum atomic E-state index is 12.0. The molecule has 0 heterocycles. The molecule has 0 unspecified atom stereocenters. The number of alkyl halides is 6. The van der Waals surface area contributed by atoms with E-state index in [0.29, 0.717) is 0 Å². The highest BCUT2D eigenvalue weighted by Crippen LogP contribution is 2.33. The van der Waals surface area contributed by atoms with Crippen LogP contribution in [0.2, 0.25) is 5.02 Å². The minimum atomic E-state index is -4.90. The number of hydrogen-bond acceptors (Lipinski definition) is 2. The predicted octanol–water partition coefficient (Wildman–Crippen LogP) is 5.00. The first-order valence-corrected chi connectivity index (χ1v) is 5.73. The third-order valence-corrected chi connectivity index (χ3v) is 2.64. The summed E-state index contributed by atoms with van der Waals surface area (Å²) in [7, 11) is 0. The predicted molar refractivity (Wildman–Crippen MR) is 67.6 cm³/mol. The van der Waals surface area contributed by atoms with E-state index in [1.807, 2.05) is 0 Å². The lowest BCUT2D eigenvalue weighted by molar-refractivity contribution is -0.274. The molecule has 0 amide bonds. The third kappa shape index (κ3) is 7.63. The van der Waals surface area contributed by atoms with Crippen molar-refractivity contribution >= 4 is 24.0 Å². The van der Waals surface area contributed by atoms with Crippen LogP contribution < -0.4 is 10.5 Å². The number of ether oxygens (including phenoxy) is 1. The zero-order valence-corrected chi connectivity index (χ0v) is 11.8. The molecule has 0 aliphatic heterocycles. The van der Waals surface area contributed by atoms with Crippen molar-refractivity contribution in [3.8, 4) is 5.75 Å². The third-order valence-electron chi connectivity index (χ3n) is 2.35. The Kier molecular flexibility index (Phi) is 7.11. The fourth-order valence-electron chi connectivity index (χ4n) is 1.44. The Labute approximate surface area is 127 Å². The Bertz CT molecular complexity index is 463. The van der Waals surface area contributed by atoms with Crippen molar-refractivity contribution in [1.82, 2.24) is 0 Å². The van der Waals surface area contributed by atoms with E-state index in [-0.39, 0.29) is 29.4 Å². The molecule has 0 bridgehead atoms. The van der Waals surface area contributed by atoms with Gasteiger partial charge >= 0.3 is 12.5 Å². The molecular formula is C11H11Cl2F6NO. The first-order valence-electron chi connectivity index (χ1n) is 5.35. The molecule has 1 atom stereocenters. The largest absolute Gasteiger partial charge is 0.573 e. The summed E-state index contributed by atoms with van der Waals surface area (Å²) in [6.45, 7) is 0. The molecule has 0 saturated carbocycles. The summed E-state index contributed by atoms with van der Waals surface area (Å²) in [6.07, 6.45) is -10.7. The quantitative estimate of drug-likeness (QED) is 0.769. The fourth-order valence-corrected chi connectivity index (χ4v) is 1.67. The van der Waals surface area contributed by atoms with Crippen LogP contribution in [0.3, 0.4) is 0 Å². The van der Waals surface area contributed by atoms with Gasteiger partial charge in [-0.1, -0.05) is 17.7 Å². The average molecular weight is 358 g/mol. The molecule has 1 aromatic carbocycles. The molecule has 122 valence electrons. The van der Waals surface area contributed by atoms with Crippen LogP contribution in [0.15, 0.2) is 18.2 Å². The van der Waals surface area contributed by atoms with Gasteiger partial charge in [0.1, 0.15) is 5.75 Å². The van der Waals surface area contributed by atoms with E-state index < -0.39 is 30.8 Å². The number of benzene rings is 1. The second-order valence-corrected chi connectivity index (χ2v) is 4.41. The van der Waals surface area contributed by atoms with Crippen LogP contribution in [0.5, 0.6) is 5.75 Å². The highest BCUT2D eigenvalue weighted by Gasteiger charge is 2.32. The van der Waals surface area contributed by atoms with Gasteiger partial charge in [0.05, 0.1) is 5.02 Å². The molecule has 1 aromatic rings. The maximum absolute atomic E-state index is 12.0. The van der Waals surface area contributed by atoms with Gasteiger partial charge in [0.2, 0.25) is 0 Å². The molecule has 0 aliphatic rings. The summed E-state index contributed by atoms with van der Waals surface area (Å²) in [5.41, 5.74) is 5.73. The van der Waals surface area contributed by atoms with Gasteiger partial charge in [0, 0.05) is 12.5 Å². The summed E-state index contributed by atoms with van der Waals surface area (Å²) in [5.74, 6) is -0.633. The lowest BCUT2D eigenvalue weighted by atomic mass is 10.0. The van der Waals surface area contributed by atoms with Gasteiger partial charge in [-0.3, -0.25) is 0 Å². The molecular weight excluding hydrogens is 347 g/mol. The molecule has 10 heteroatoms. The second kappa shape index (κ2) is 7.42. The Morgan fingerprint density at radius 3 is 2.14 bits per heavy atom. The molecule has 0 spiro atoms. The van der Waals surface area contributed by atoms with Crippen LogP contribution in [0.25, 0.3) is 0 Å². The summed E-state index contributed by atoms with van der Waals surface area (Å²) in [4.78, 5) is 0. The van der Waals surface area contributed by atoms with Gasteiger partial charge in [-0.05, 0) is 24.1 Å². The molecule has 0 fully saturated rings. The SMILES string of the molecule is Cl.N[C@H](CCC(F)(F)F)c1ccc(OC(F)(F)F)c(Cl)c1. The van der Waals surface area contributed by atoms with Crippen molar-refractivity contribution in [3.05, 3.63) is 28.8 Å². The normalized spacial score (nSPS) is 13.5. The van der Waals surface area contributed by atoms with Crippen molar-refractivity contribution in [2.45, 2.75) is 31.4 Å². The summed E-state index contributed by atoms with van der Waals surface area (Å²) in [5, 5.41) is -0.373.